The van der Waals surface area contributed by atoms with Gasteiger partial charge in [-0.25, -0.2) is 4.79 Å². The number of aromatic nitrogens is 2. The highest BCUT2D eigenvalue weighted by atomic mass is 16.6. The van der Waals surface area contributed by atoms with Gasteiger partial charge in [-0.3, -0.25) is 4.79 Å². The fraction of sp³-hybridized carbons (Fsp3) is 0.111. The first-order chi connectivity index (χ1) is 12.1. The van der Waals surface area contributed by atoms with E-state index in [4.69, 9.17) is 9.26 Å². The lowest BCUT2D eigenvalue weighted by molar-refractivity contribution is -0.114. The Kier molecular flexibility index (Phi) is 4.84. The topological polar surface area (TPSA) is 94.3 Å². The summed E-state index contributed by atoms with van der Waals surface area (Å²) in [5, 5.41) is 6.48. The van der Waals surface area contributed by atoms with Crippen LogP contribution in [0.2, 0.25) is 0 Å². The first kappa shape index (κ1) is 16.4. The van der Waals surface area contributed by atoms with Crippen molar-refractivity contribution >= 4 is 17.6 Å². The van der Waals surface area contributed by atoms with Crippen LogP contribution in [0.25, 0.3) is 11.4 Å². The van der Waals surface area contributed by atoms with Crippen molar-refractivity contribution in [2.75, 3.05) is 5.32 Å². The molecule has 0 radical (unpaired) electrons. The number of ether oxygens (including phenoxy) is 1. The number of nitrogens with one attached hydrogen (secondary N) is 1. The molecule has 1 aromatic heterocycles. The standard InChI is InChI=1S/C18H15N3O4/c1-12(22)19-15-9-7-14(8-10-15)18(23)24-11-16-20-17(21-25-16)13-5-3-2-4-6-13/h2-10H,11H2,1H3,(H,19,22). The molecule has 0 fully saturated rings. The van der Waals surface area contributed by atoms with Gasteiger partial charge >= 0.3 is 5.97 Å². The van der Waals surface area contributed by atoms with E-state index in [0.29, 0.717) is 17.1 Å². The van der Waals surface area contributed by atoms with Gasteiger partial charge < -0.3 is 14.6 Å². The summed E-state index contributed by atoms with van der Waals surface area (Å²) in [4.78, 5) is 27.2. The zero-order valence-electron chi connectivity index (χ0n) is 13.4. The number of carbonyl (C=O) groups is 2. The van der Waals surface area contributed by atoms with E-state index in [0.717, 1.165) is 5.56 Å². The number of nitrogens with zero attached hydrogens (tertiary/aromatic N) is 2. The van der Waals surface area contributed by atoms with Crippen LogP contribution < -0.4 is 5.32 Å². The molecule has 3 rings (SSSR count). The van der Waals surface area contributed by atoms with Gasteiger partial charge in [0.15, 0.2) is 6.61 Å². The molecular weight excluding hydrogens is 322 g/mol. The van der Waals surface area contributed by atoms with Crippen LogP contribution in [0.4, 0.5) is 5.69 Å². The van der Waals surface area contributed by atoms with Gasteiger partial charge in [-0.15, -0.1) is 0 Å². The number of esters is 1. The first-order valence-electron chi connectivity index (χ1n) is 7.54. The molecule has 1 N–H and O–H groups in total. The molecule has 7 nitrogen and oxygen atoms in total. The molecule has 1 amide bonds. The second-order valence-electron chi connectivity index (χ2n) is 5.21. The fourth-order valence-corrected chi connectivity index (χ4v) is 2.12. The summed E-state index contributed by atoms with van der Waals surface area (Å²) in [6.07, 6.45) is 0. The van der Waals surface area contributed by atoms with Gasteiger partial charge in [0.2, 0.25) is 11.7 Å². The molecule has 0 aliphatic heterocycles. The SMILES string of the molecule is CC(=O)Nc1ccc(C(=O)OCc2nc(-c3ccccc3)no2)cc1. The Labute approximate surface area is 143 Å². The summed E-state index contributed by atoms with van der Waals surface area (Å²) < 4.78 is 10.2. The number of anilines is 1. The third-order valence-corrected chi connectivity index (χ3v) is 3.27. The molecular formula is C18H15N3O4. The third kappa shape index (κ3) is 4.29. The van der Waals surface area contributed by atoms with Gasteiger partial charge in [-0.05, 0) is 24.3 Å². The normalized spacial score (nSPS) is 10.3. The van der Waals surface area contributed by atoms with Crippen LogP contribution in [0.3, 0.4) is 0 Å². The monoisotopic (exact) mass is 337 g/mol. The molecule has 0 aliphatic carbocycles. The van der Waals surface area contributed by atoms with Crippen molar-refractivity contribution in [1.29, 1.82) is 0 Å². The highest BCUT2D eigenvalue weighted by Crippen LogP contribution is 2.16. The minimum Gasteiger partial charge on any atom is -0.452 e. The lowest BCUT2D eigenvalue weighted by Gasteiger charge is -2.04. The molecule has 0 atom stereocenters. The van der Waals surface area contributed by atoms with Crippen molar-refractivity contribution in [3.05, 3.63) is 66.1 Å². The van der Waals surface area contributed by atoms with E-state index in [9.17, 15) is 9.59 Å². The van der Waals surface area contributed by atoms with E-state index < -0.39 is 5.97 Å². The number of hydrogen-bond acceptors (Lipinski definition) is 6. The fourth-order valence-electron chi connectivity index (χ4n) is 2.12. The number of carbonyl (C=O) groups excluding carboxylic acids is 2. The molecule has 126 valence electrons. The van der Waals surface area contributed by atoms with Crippen molar-refractivity contribution in [2.45, 2.75) is 13.5 Å². The summed E-state index contributed by atoms with van der Waals surface area (Å²) >= 11 is 0. The van der Waals surface area contributed by atoms with Gasteiger partial charge in [-0.2, -0.15) is 4.98 Å². The van der Waals surface area contributed by atoms with E-state index in [1.54, 1.807) is 24.3 Å². The summed E-state index contributed by atoms with van der Waals surface area (Å²) in [5.41, 5.74) is 1.78. The average molecular weight is 337 g/mol. The Hall–Kier alpha value is -3.48. The molecule has 2 aromatic carbocycles. The van der Waals surface area contributed by atoms with E-state index >= 15 is 0 Å². The Morgan fingerprint density at radius 1 is 1.08 bits per heavy atom. The Morgan fingerprint density at radius 2 is 1.80 bits per heavy atom. The zero-order valence-corrected chi connectivity index (χ0v) is 13.4. The van der Waals surface area contributed by atoms with Crippen molar-refractivity contribution in [3.8, 4) is 11.4 Å². The highest BCUT2D eigenvalue weighted by Gasteiger charge is 2.12. The summed E-state index contributed by atoms with van der Waals surface area (Å²) in [5.74, 6) is -0.0526. The van der Waals surface area contributed by atoms with Gasteiger partial charge in [0.05, 0.1) is 5.56 Å². The number of amides is 1. The molecule has 0 saturated carbocycles. The molecule has 25 heavy (non-hydrogen) atoms. The summed E-state index contributed by atoms with van der Waals surface area (Å²) in [6.45, 7) is 1.29. The molecule has 0 unspecified atom stereocenters. The lowest BCUT2D eigenvalue weighted by Crippen LogP contribution is -2.08. The summed E-state index contributed by atoms with van der Waals surface area (Å²) in [7, 11) is 0. The van der Waals surface area contributed by atoms with Crippen LogP contribution in [0, 0.1) is 0 Å². The summed E-state index contributed by atoms with van der Waals surface area (Å²) in [6, 6.07) is 15.7. The zero-order chi connectivity index (χ0) is 17.6. The maximum Gasteiger partial charge on any atom is 0.338 e. The molecule has 1 heterocycles. The highest BCUT2D eigenvalue weighted by molar-refractivity contribution is 5.92. The minimum atomic E-state index is -0.520. The lowest BCUT2D eigenvalue weighted by atomic mass is 10.2. The predicted molar refractivity (Wildman–Crippen MR) is 89.6 cm³/mol. The van der Waals surface area contributed by atoms with Crippen LogP contribution in [0.1, 0.15) is 23.2 Å². The molecule has 7 heteroatoms. The van der Waals surface area contributed by atoms with Crippen LogP contribution in [-0.4, -0.2) is 22.0 Å². The van der Waals surface area contributed by atoms with Crippen molar-refractivity contribution in [1.82, 2.24) is 10.1 Å². The second kappa shape index (κ2) is 7.39. The van der Waals surface area contributed by atoms with Crippen LogP contribution in [0.15, 0.2) is 59.1 Å². The van der Waals surface area contributed by atoms with E-state index in [2.05, 4.69) is 15.5 Å². The smallest absolute Gasteiger partial charge is 0.338 e. The molecule has 0 bridgehead atoms. The van der Waals surface area contributed by atoms with Crippen molar-refractivity contribution < 1.29 is 18.8 Å². The Bertz CT molecular complexity index is 873. The predicted octanol–water partition coefficient (Wildman–Crippen LogP) is 3.05. The van der Waals surface area contributed by atoms with Gasteiger partial charge in [0.25, 0.3) is 5.89 Å². The van der Waals surface area contributed by atoms with Crippen molar-refractivity contribution in [2.24, 2.45) is 0 Å². The largest absolute Gasteiger partial charge is 0.452 e. The van der Waals surface area contributed by atoms with E-state index in [-0.39, 0.29) is 18.4 Å². The first-order valence-corrected chi connectivity index (χ1v) is 7.54. The molecule has 0 saturated heterocycles. The Morgan fingerprint density at radius 3 is 2.48 bits per heavy atom. The van der Waals surface area contributed by atoms with Crippen LogP contribution in [0.5, 0.6) is 0 Å². The maximum atomic E-state index is 12.0. The van der Waals surface area contributed by atoms with E-state index in [1.807, 2.05) is 30.3 Å². The molecule has 0 spiro atoms. The second-order valence-corrected chi connectivity index (χ2v) is 5.21. The number of rotatable bonds is 5. The number of benzene rings is 2. The van der Waals surface area contributed by atoms with Gasteiger partial charge in [0, 0.05) is 18.2 Å². The average Bonchev–Trinajstić information content (AvgIpc) is 3.10. The Balaban J connectivity index is 1.59. The molecule has 0 aliphatic rings. The van der Waals surface area contributed by atoms with E-state index in [1.165, 1.54) is 6.92 Å². The quantitative estimate of drug-likeness (QED) is 0.719. The van der Waals surface area contributed by atoms with Crippen LogP contribution >= 0.6 is 0 Å². The number of hydrogen-bond donors (Lipinski definition) is 1. The van der Waals surface area contributed by atoms with Gasteiger partial charge in [0.1, 0.15) is 0 Å². The van der Waals surface area contributed by atoms with Crippen LogP contribution in [-0.2, 0) is 16.1 Å². The van der Waals surface area contributed by atoms with Gasteiger partial charge in [-0.1, -0.05) is 35.5 Å². The maximum absolute atomic E-state index is 12.0. The van der Waals surface area contributed by atoms with Crippen molar-refractivity contribution in [3.63, 3.8) is 0 Å². The third-order valence-electron chi connectivity index (χ3n) is 3.27. The molecule has 3 aromatic rings. The minimum absolute atomic E-state index is 0.119.